The van der Waals surface area contributed by atoms with Gasteiger partial charge in [0.15, 0.2) is 18.2 Å². The van der Waals surface area contributed by atoms with Crippen LogP contribution in [0.5, 0.6) is 0 Å². The Kier molecular flexibility index (Phi) is 11.4. The third-order valence-corrected chi connectivity index (χ3v) is 17.0. The number of hydrogen-bond donors (Lipinski definition) is 0. The van der Waals surface area contributed by atoms with Gasteiger partial charge in [0.25, 0.3) is 11.4 Å². The Morgan fingerprint density at radius 1 is 0.500 bits per heavy atom. The Bertz CT molecular complexity index is 3420. The van der Waals surface area contributed by atoms with Crippen LogP contribution in [-0.2, 0) is 12.8 Å². The van der Waals surface area contributed by atoms with E-state index >= 15 is 0 Å². The van der Waals surface area contributed by atoms with Crippen LogP contribution in [0.4, 0.5) is 23.0 Å². The third kappa shape index (κ3) is 7.76. The van der Waals surface area contributed by atoms with Crippen molar-refractivity contribution >= 4 is 115 Å². The van der Waals surface area contributed by atoms with Crippen LogP contribution in [0.2, 0.25) is 0 Å². The van der Waals surface area contributed by atoms with Crippen LogP contribution in [0.25, 0.3) is 22.8 Å². The predicted molar refractivity (Wildman–Crippen MR) is 290 cm³/mol. The van der Waals surface area contributed by atoms with Gasteiger partial charge in [0.1, 0.15) is 23.7 Å². The molecule has 0 radical (unpaired) electrons. The molecule has 342 valence electrons. The van der Waals surface area contributed by atoms with Crippen LogP contribution in [-0.4, -0.2) is 29.3 Å². The smallest absolute Gasteiger partial charge is 0.269 e. The first-order valence-corrected chi connectivity index (χ1v) is 26.2. The molecular formula is C52H34N8O4S6. The van der Waals surface area contributed by atoms with Crippen molar-refractivity contribution in [2.75, 3.05) is 9.80 Å². The van der Waals surface area contributed by atoms with Crippen LogP contribution >= 0.6 is 70.6 Å². The summed E-state index contributed by atoms with van der Waals surface area (Å²) < 4.78 is 5.62. The predicted octanol–water partition coefficient (Wildman–Crippen LogP) is 14.5. The van der Waals surface area contributed by atoms with Gasteiger partial charge in [-0.2, -0.15) is 0 Å². The Morgan fingerprint density at radius 3 is 1.23 bits per heavy atom. The molecule has 2 unspecified atom stereocenters. The molecule has 2 atom stereocenters. The topological polar surface area (TPSA) is 127 Å². The van der Waals surface area contributed by atoms with Gasteiger partial charge in [-0.25, -0.2) is 9.98 Å². The maximum absolute atomic E-state index is 11.5. The first-order valence-electron chi connectivity index (χ1n) is 22.0. The van der Waals surface area contributed by atoms with Gasteiger partial charge in [0.05, 0.1) is 31.0 Å². The summed E-state index contributed by atoms with van der Waals surface area (Å²) in [4.78, 5) is 39.0. The van der Waals surface area contributed by atoms with Crippen LogP contribution < -0.4 is 9.80 Å². The second-order valence-corrected chi connectivity index (χ2v) is 21.6. The average molecular weight is 1030 g/mol. The van der Waals surface area contributed by atoms with E-state index < -0.39 is 0 Å². The summed E-state index contributed by atoms with van der Waals surface area (Å²) in [7, 11) is 0. The van der Waals surface area contributed by atoms with E-state index in [9.17, 15) is 20.2 Å². The van der Waals surface area contributed by atoms with Crippen molar-refractivity contribution in [2.24, 2.45) is 9.98 Å². The van der Waals surface area contributed by atoms with Gasteiger partial charge < -0.3 is 0 Å². The number of hydrogen-bond acceptors (Lipinski definition) is 14. The molecule has 4 aliphatic rings. The highest BCUT2D eigenvalue weighted by Crippen LogP contribution is 2.52. The summed E-state index contributed by atoms with van der Waals surface area (Å²) in [5.74, 6) is 1.84. The van der Waals surface area contributed by atoms with Crippen molar-refractivity contribution in [3.8, 4) is 11.4 Å². The molecule has 6 heterocycles. The van der Waals surface area contributed by atoms with E-state index in [4.69, 9.17) is 34.4 Å². The fraction of sp³-hybridized carbons (Fsp3) is 0.0769. The zero-order chi connectivity index (χ0) is 47.6. The number of thioether (sulfide) groups is 2. The number of aromatic nitrogens is 2. The van der Waals surface area contributed by atoms with Crippen LogP contribution in [0.3, 0.4) is 0 Å². The molecule has 18 heteroatoms. The van der Waals surface area contributed by atoms with Gasteiger partial charge in [0.2, 0.25) is 0 Å². The summed E-state index contributed by atoms with van der Waals surface area (Å²) in [6, 6.07) is 50.1. The molecule has 0 saturated heterocycles. The highest BCUT2D eigenvalue weighted by Gasteiger charge is 2.41. The van der Waals surface area contributed by atoms with Gasteiger partial charge in [-0.15, -0.1) is 22.7 Å². The number of nitro benzene ring substituents is 2. The zero-order valence-corrected chi connectivity index (χ0v) is 41.3. The van der Waals surface area contributed by atoms with E-state index in [2.05, 4.69) is 103 Å². The minimum absolute atomic E-state index is 0.0327. The molecule has 0 N–H and O–H groups in total. The maximum Gasteiger partial charge on any atom is 0.269 e. The number of aryl methyl sites for hydroxylation is 2. The van der Waals surface area contributed by atoms with E-state index in [0.29, 0.717) is 7.91 Å². The lowest BCUT2D eigenvalue weighted by Crippen LogP contribution is -2.30. The highest BCUT2D eigenvalue weighted by atomic mass is 32.2. The SMILES string of the molecule is O=[N+]([O-])c1ccc(C2N=C3SC=C(c4ccccc4)N3c3c2sc(=S)n3-c2ccc(CCc3ccc(-n4c5c(sc4=S)C(c4ccc([N+](=O)[O-])cc4)N=C4SC=C(c6ccccc6)N45)cc3)cc2)cc1. The van der Waals surface area contributed by atoms with E-state index in [1.807, 2.05) is 36.4 Å². The fourth-order valence-corrected chi connectivity index (χ4v) is 13.9. The number of thiazole rings is 2. The Hall–Kier alpha value is -7.06. The quantitative estimate of drug-likeness (QED) is 0.0702. The number of rotatable bonds is 11. The van der Waals surface area contributed by atoms with Crippen molar-refractivity contribution in [2.45, 2.75) is 24.9 Å². The van der Waals surface area contributed by atoms with Crippen molar-refractivity contribution in [3.05, 3.63) is 240 Å². The fourth-order valence-electron chi connectivity index (χ4n) is 9.09. The van der Waals surface area contributed by atoms with E-state index in [0.717, 1.165) is 89.6 Å². The Labute approximate surface area is 427 Å². The zero-order valence-electron chi connectivity index (χ0n) is 36.4. The Balaban J connectivity index is 0.828. The van der Waals surface area contributed by atoms with Crippen molar-refractivity contribution in [1.82, 2.24) is 9.13 Å². The van der Waals surface area contributed by atoms with E-state index in [1.165, 1.54) is 58.1 Å². The maximum atomic E-state index is 11.5. The average Bonchev–Trinajstić information content (AvgIpc) is 4.18. The largest absolute Gasteiger partial charge is 0.277 e. The van der Waals surface area contributed by atoms with Crippen molar-refractivity contribution < 1.29 is 9.85 Å². The number of nitro groups is 2. The molecule has 0 amide bonds. The second kappa shape index (κ2) is 18.0. The van der Waals surface area contributed by atoms with Gasteiger partial charge >= 0.3 is 0 Å². The number of nitrogens with zero attached hydrogens (tertiary/aromatic N) is 8. The molecule has 0 spiro atoms. The normalized spacial score (nSPS) is 16.6. The molecule has 6 aromatic carbocycles. The second-order valence-electron chi connectivity index (χ2n) is 16.6. The van der Waals surface area contributed by atoms with Gasteiger partial charge in [-0.05, 0) is 119 Å². The van der Waals surface area contributed by atoms with Crippen LogP contribution in [0, 0.1) is 28.1 Å². The summed E-state index contributed by atoms with van der Waals surface area (Å²) in [6.07, 6.45) is 1.63. The first-order chi connectivity index (χ1) is 34.2. The van der Waals surface area contributed by atoms with Crippen molar-refractivity contribution in [1.29, 1.82) is 0 Å². The molecule has 8 aromatic rings. The number of non-ortho nitro benzene ring substituents is 2. The van der Waals surface area contributed by atoms with Gasteiger partial charge in [-0.1, -0.05) is 108 Å². The Morgan fingerprint density at radius 2 is 0.871 bits per heavy atom. The lowest BCUT2D eigenvalue weighted by atomic mass is 10.0. The minimum Gasteiger partial charge on any atom is -0.277 e. The number of amidine groups is 2. The minimum atomic E-state index is -0.388. The first kappa shape index (κ1) is 44.2. The summed E-state index contributed by atoms with van der Waals surface area (Å²) in [6.45, 7) is 0. The molecule has 0 fully saturated rings. The monoisotopic (exact) mass is 1030 g/mol. The molecule has 2 aromatic heterocycles. The lowest BCUT2D eigenvalue weighted by Gasteiger charge is -2.31. The lowest BCUT2D eigenvalue weighted by molar-refractivity contribution is -0.385. The highest BCUT2D eigenvalue weighted by molar-refractivity contribution is 8.17. The van der Waals surface area contributed by atoms with Gasteiger partial charge in [-0.3, -0.25) is 39.2 Å². The molecule has 12 rings (SSSR count). The van der Waals surface area contributed by atoms with Crippen molar-refractivity contribution in [3.63, 3.8) is 0 Å². The number of fused-ring (bicyclic) bond motifs is 6. The standard InChI is InChI=1S/C52H34N8O4S6/c61-59(62)39-25-17-35(18-26-39)43-45-47(57-41(29-67-49(57)53-43)33-7-3-1-4-8-33)55(51(65)69-45)37-21-13-31(14-22-37)11-12-32-15-23-38(24-16-32)56-48-46(70-52(56)66)44(36-19-27-40(28-20-36)60(63)64)54-50-58(48)42(30-68-50)34-9-5-2-6-10-34/h1-10,13-30,43-44H,11-12H2. The molecule has 4 aliphatic heterocycles. The third-order valence-electron chi connectivity index (χ3n) is 12.5. The number of anilines is 2. The summed E-state index contributed by atoms with van der Waals surface area (Å²) >= 11 is 18.4. The molecule has 0 bridgehead atoms. The molecular weight excluding hydrogens is 993 g/mol. The molecule has 12 nitrogen and oxygen atoms in total. The number of benzene rings is 6. The molecule has 0 aliphatic carbocycles. The number of aliphatic imine (C=N–C) groups is 2. The summed E-state index contributed by atoms with van der Waals surface area (Å²) in [5.41, 5.74) is 10.1. The van der Waals surface area contributed by atoms with Gasteiger partial charge in [0, 0.05) is 46.5 Å². The molecule has 70 heavy (non-hydrogen) atoms. The molecule has 0 saturated carbocycles. The van der Waals surface area contributed by atoms with Crippen LogP contribution in [0.1, 0.15) is 55.2 Å². The van der Waals surface area contributed by atoms with E-state index in [1.54, 1.807) is 47.8 Å². The summed E-state index contributed by atoms with van der Waals surface area (Å²) in [5, 5.41) is 28.9. The van der Waals surface area contributed by atoms with E-state index in [-0.39, 0.29) is 33.3 Å². The van der Waals surface area contributed by atoms with Crippen LogP contribution in [0.15, 0.2) is 179 Å².